The van der Waals surface area contributed by atoms with Gasteiger partial charge in [-0.2, -0.15) is 0 Å². The number of pyridine rings is 1. The number of hydrogen-bond acceptors (Lipinski definition) is 5. The minimum absolute atomic E-state index is 0.0795. The maximum atomic E-state index is 12.5. The summed E-state index contributed by atoms with van der Waals surface area (Å²) >= 11 is 0. The number of fused-ring (bicyclic) bond motifs is 1. The predicted molar refractivity (Wildman–Crippen MR) is 95.1 cm³/mol. The fraction of sp³-hybridized carbons (Fsp3) is 0.389. The molecule has 2 N–H and O–H groups in total. The van der Waals surface area contributed by atoms with Gasteiger partial charge in [0.15, 0.2) is 0 Å². The second-order valence-electron chi connectivity index (χ2n) is 6.66. The molecule has 0 aliphatic carbocycles. The maximum Gasteiger partial charge on any atom is 0.320 e. The lowest BCUT2D eigenvalue weighted by molar-refractivity contribution is 0.181. The minimum Gasteiger partial charge on any atom is -0.379 e. The molecule has 3 aromatic rings. The van der Waals surface area contributed by atoms with Crippen LogP contribution in [-0.2, 0) is 11.2 Å². The lowest BCUT2D eigenvalue weighted by Gasteiger charge is -2.18. The average molecular weight is 355 g/mol. The summed E-state index contributed by atoms with van der Waals surface area (Å²) in [5, 5.41) is 9.81. The van der Waals surface area contributed by atoms with Gasteiger partial charge in [-0.1, -0.05) is 11.2 Å². The molecule has 1 aliphatic heterocycles. The number of amides is 2. The van der Waals surface area contributed by atoms with Crippen LogP contribution in [0.25, 0.3) is 5.65 Å². The second kappa shape index (κ2) is 6.80. The molecule has 0 radical (unpaired) electrons. The first-order valence-corrected chi connectivity index (χ1v) is 8.60. The summed E-state index contributed by atoms with van der Waals surface area (Å²) in [6, 6.07) is 7.18. The van der Waals surface area contributed by atoms with Crippen LogP contribution in [-0.4, -0.2) is 39.8 Å². The molecule has 136 valence electrons. The van der Waals surface area contributed by atoms with Crippen molar-refractivity contribution >= 4 is 17.5 Å². The second-order valence-corrected chi connectivity index (χ2v) is 6.66. The summed E-state index contributed by atoms with van der Waals surface area (Å²) in [5.41, 5.74) is 2.54. The van der Waals surface area contributed by atoms with E-state index in [1.54, 1.807) is 0 Å². The van der Waals surface area contributed by atoms with Gasteiger partial charge in [0.2, 0.25) is 0 Å². The van der Waals surface area contributed by atoms with Gasteiger partial charge in [-0.25, -0.2) is 9.78 Å². The van der Waals surface area contributed by atoms with Gasteiger partial charge in [0.1, 0.15) is 17.2 Å². The number of nitrogens with one attached hydrogen (secondary N) is 2. The van der Waals surface area contributed by atoms with E-state index >= 15 is 0 Å². The van der Waals surface area contributed by atoms with E-state index < -0.39 is 0 Å². The Bertz CT molecular complexity index is 932. The van der Waals surface area contributed by atoms with Gasteiger partial charge in [0.05, 0.1) is 30.6 Å². The van der Waals surface area contributed by atoms with E-state index in [-0.39, 0.29) is 18.0 Å². The number of imidazole rings is 1. The molecule has 0 aromatic carbocycles. The Morgan fingerprint density at radius 3 is 3.00 bits per heavy atom. The Balaban J connectivity index is 1.42. The number of carbonyl (C=O) groups excluding carboxylic acids is 1. The third kappa shape index (κ3) is 3.41. The predicted octanol–water partition coefficient (Wildman–Crippen LogP) is 2.32. The molecular formula is C18H21N5O3. The van der Waals surface area contributed by atoms with Crippen LogP contribution in [0.5, 0.6) is 0 Å². The van der Waals surface area contributed by atoms with Crippen LogP contribution >= 0.6 is 0 Å². The first-order chi connectivity index (χ1) is 12.6. The van der Waals surface area contributed by atoms with Crippen molar-refractivity contribution in [3.63, 3.8) is 0 Å². The van der Waals surface area contributed by atoms with Crippen molar-refractivity contribution in [2.24, 2.45) is 5.92 Å². The molecule has 1 aliphatic rings. The highest BCUT2D eigenvalue weighted by atomic mass is 16.5. The molecule has 1 saturated heterocycles. The molecule has 8 nitrogen and oxygen atoms in total. The lowest BCUT2D eigenvalue weighted by atomic mass is 9.98. The van der Waals surface area contributed by atoms with E-state index in [0.29, 0.717) is 25.5 Å². The van der Waals surface area contributed by atoms with E-state index in [9.17, 15) is 4.79 Å². The van der Waals surface area contributed by atoms with Gasteiger partial charge < -0.3 is 14.6 Å². The molecule has 2 amide bonds. The van der Waals surface area contributed by atoms with E-state index in [1.165, 1.54) is 0 Å². The highest BCUT2D eigenvalue weighted by Gasteiger charge is 2.30. The molecule has 8 heteroatoms. The van der Waals surface area contributed by atoms with Crippen LogP contribution in [0.4, 0.5) is 10.6 Å². The standard InChI is InChI=1S/C18H21N5O3/c1-11-6-14(26-22-11)7-13-9-25-10-15(13)20-18(24)21-17-5-3-4-16-19-12(2)8-23(16)17/h3-6,8,13,15H,7,9-10H2,1-2H3,(H2,20,21,24)/t13-,15+/m1/s1. The van der Waals surface area contributed by atoms with E-state index in [4.69, 9.17) is 9.26 Å². The Morgan fingerprint density at radius 1 is 1.31 bits per heavy atom. The zero-order valence-electron chi connectivity index (χ0n) is 14.7. The van der Waals surface area contributed by atoms with Gasteiger partial charge >= 0.3 is 6.03 Å². The lowest BCUT2D eigenvalue weighted by Crippen LogP contribution is -2.43. The van der Waals surface area contributed by atoms with Crippen LogP contribution < -0.4 is 10.6 Å². The highest BCUT2D eigenvalue weighted by molar-refractivity contribution is 5.89. The Hall–Kier alpha value is -2.87. The number of nitrogens with zero attached hydrogens (tertiary/aromatic N) is 3. The number of aromatic nitrogens is 3. The quantitative estimate of drug-likeness (QED) is 0.749. The Morgan fingerprint density at radius 2 is 2.19 bits per heavy atom. The number of aryl methyl sites for hydroxylation is 2. The van der Waals surface area contributed by atoms with Gasteiger partial charge in [0.25, 0.3) is 0 Å². The number of hydrogen-bond donors (Lipinski definition) is 2. The normalized spacial score (nSPS) is 19.8. The molecular weight excluding hydrogens is 334 g/mol. The van der Waals surface area contributed by atoms with Gasteiger partial charge in [-0.3, -0.25) is 9.72 Å². The number of ether oxygens (including phenoxy) is 1. The zero-order chi connectivity index (χ0) is 18.1. The van der Waals surface area contributed by atoms with Crippen molar-refractivity contribution in [1.82, 2.24) is 19.9 Å². The summed E-state index contributed by atoms with van der Waals surface area (Å²) in [7, 11) is 0. The van der Waals surface area contributed by atoms with Crippen LogP contribution in [0.3, 0.4) is 0 Å². The summed E-state index contributed by atoms with van der Waals surface area (Å²) < 4.78 is 12.7. The third-order valence-corrected chi connectivity index (χ3v) is 4.51. The molecule has 0 saturated carbocycles. The molecule has 0 unspecified atom stereocenters. The minimum atomic E-state index is -0.266. The van der Waals surface area contributed by atoms with E-state index in [1.807, 2.05) is 48.7 Å². The maximum absolute atomic E-state index is 12.5. The topological polar surface area (TPSA) is 93.7 Å². The SMILES string of the molecule is Cc1cc(C[C@@H]2COC[C@@H]2NC(=O)Nc2cccc3nc(C)cn23)on1. The highest BCUT2D eigenvalue weighted by Crippen LogP contribution is 2.20. The Kier molecular flexibility index (Phi) is 4.34. The zero-order valence-corrected chi connectivity index (χ0v) is 14.7. The number of rotatable bonds is 4. The number of anilines is 1. The van der Waals surface area contributed by atoms with Crippen molar-refractivity contribution in [3.05, 3.63) is 47.6 Å². The number of urea groups is 1. The van der Waals surface area contributed by atoms with Crippen molar-refractivity contribution in [2.75, 3.05) is 18.5 Å². The first-order valence-electron chi connectivity index (χ1n) is 8.60. The van der Waals surface area contributed by atoms with E-state index in [0.717, 1.165) is 22.8 Å². The molecule has 4 heterocycles. The summed E-state index contributed by atoms with van der Waals surface area (Å²) in [6.07, 6.45) is 2.57. The van der Waals surface area contributed by atoms with Crippen LogP contribution in [0.1, 0.15) is 17.1 Å². The molecule has 1 fully saturated rings. The van der Waals surface area contributed by atoms with E-state index in [2.05, 4.69) is 20.8 Å². The van der Waals surface area contributed by atoms with Gasteiger partial charge in [-0.05, 0) is 26.0 Å². The smallest absolute Gasteiger partial charge is 0.320 e. The molecule has 4 rings (SSSR count). The van der Waals surface area contributed by atoms with Crippen molar-refractivity contribution in [3.8, 4) is 0 Å². The summed E-state index contributed by atoms with van der Waals surface area (Å²) in [6.45, 7) is 4.88. The molecule has 2 atom stereocenters. The van der Waals surface area contributed by atoms with Crippen molar-refractivity contribution in [1.29, 1.82) is 0 Å². The molecule has 0 spiro atoms. The van der Waals surface area contributed by atoms with Crippen LogP contribution in [0.2, 0.25) is 0 Å². The Labute approximate surface area is 150 Å². The fourth-order valence-corrected chi connectivity index (χ4v) is 3.29. The first kappa shape index (κ1) is 16.6. The van der Waals surface area contributed by atoms with Crippen LogP contribution in [0.15, 0.2) is 35.0 Å². The fourth-order valence-electron chi connectivity index (χ4n) is 3.29. The number of carbonyl (C=O) groups is 1. The molecule has 26 heavy (non-hydrogen) atoms. The summed E-state index contributed by atoms with van der Waals surface area (Å²) in [4.78, 5) is 16.9. The van der Waals surface area contributed by atoms with Crippen molar-refractivity contribution < 1.29 is 14.1 Å². The van der Waals surface area contributed by atoms with Crippen LogP contribution in [0, 0.1) is 19.8 Å². The monoisotopic (exact) mass is 355 g/mol. The average Bonchev–Trinajstić information content (AvgIpc) is 3.29. The molecule has 3 aromatic heterocycles. The van der Waals surface area contributed by atoms with Crippen molar-refractivity contribution in [2.45, 2.75) is 26.3 Å². The molecule has 0 bridgehead atoms. The largest absolute Gasteiger partial charge is 0.379 e. The van der Waals surface area contributed by atoms with Gasteiger partial charge in [-0.15, -0.1) is 0 Å². The third-order valence-electron chi connectivity index (χ3n) is 4.51. The van der Waals surface area contributed by atoms with Gasteiger partial charge in [0, 0.05) is 24.6 Å². The summed E-state index contributed by atoms with van der Waals surface area (Å²) in [5.74, 6) is 1.63.